The van der Waals surface area contributed by atoms with Crippen LogP contribution in [-0.4, -0.2) is 18.5 Å². The summed E-state index contributed by atoms with van der Waals surface area (Å²) in [5, 5.41) is 17.8. The summed E-state index contributed by atoms with van der Waals surface area (Å²) in [6.07, 6.45) is 0.912. The smallest absolute Gasteiger partial charge is 0.202 e. The van der Waals surface area contributed by atoms with Gasteiger partial charge in [-0.1, -0.05) is 25.1 Å². The zero-order chi connectivity index (χ0) is 13.7. The standard InChI is InChI=1S/C13H21N5/c1-4-8-18(13(16)17-12(14)15)11-9(2)6-5-7-10(11)3/h5-7H,4,8H2,1-3H3,(H5,14,15,16,17). The summed E-state index contributed by atoms with van der Waals surface area (Å²) in [6.45, 7) is 6.81. The molecular formula is C13H21N5. The van der Waals surface area contributed by atoms with E-state index in [1.807, 2.05) is 36.9 Å². The van der Waals surface area contributed by atoms with E-state index in [4.69, 9.17) is 16.6 Å². The first-order chi connectivity index (χ1) is 8.47. The molecule has 0 saturated heterocycles. The number of nitrogens with zero attached hydrogens (tertiary/aromatic N) is 1. The number of guanidine groups is 2. The second kappa shape index (κ2) is 6.05. The van der Waals surface area contributed by atoms with Gasteiger partial charge >= 0.3 is 0 Å². The lowest BCUT2D eigenvalue weighted by molar-refractivity contribution is 0.877. The second-order valence-corrected chi connectivity index (χ2v) is 4.28. The van der Waals surface area contributed by atoms with Gasteiger partial charge in [0.1, 0.15) is 0 Å². The summed E-state index contributed by atoms with van der Waals surface area (Å²) in [5.74, 6) is -0.0749. The summed E-state index contributed by atoms with van der Waals surface area (Å²) in [7, 11) is 0. The van der Waals surface area contributed by atoms with Crippen molar-refractivity contribution in [1.29, 1.82) is 10.8 Å². The molecule has 0 aromatic heterocycles. The van der Waals surface area contributed by atoms with Crippen molar-refractivity contribution in [3.63, 3.8) is 0 Å². The van der Waals surface area contributed by atoms with Crippen molar-refractivity contribution in [1.82, 2.24) is 5.32 Å². The van der Waals surface area contributed by atoms with E-state index in [2.05, 4.69) is 12.2 Å². The Morgan fingerprint density at radius 3 is 2.28 bits per heavy atom. The Bertz CT molecular complexity index is 432. The minimum absolute atomic E-state index is 0.141. The van der Waals surface area contributed by atoms with Crippen LogP contribution in [0.25, 0.3) is 0 Å². The summed E-state index contributed by atoms with van der Waals surface area (Å²) in [4.78, 5) is 1.85. The van der Waals surface area contributed by atoms with E-state index in [1.165, 1.54) is 0 Å². The maximum absolute atomic E-state index is 8.00. The Labute approximate surface area is 108 Å². The topological polar surface area (TPSA) is 89.0 Å². The van der Waals surface area contributed by atoms with Gasteiger partial charge in [-0.25, -0.2) is 0 Å². The van der Waals surface area contributed by atoms with Crippen LogP contribution in [-0.2, 0) is 0 Å². The van der Waals surface area contributed by atoms with Gasteiger partial charge in [-0.05, 0) is 31.4 Å². The van der Waals surface area contributed by atoms with Crippen molar-refractivity contribution >= 4 is 17.6 Å². The van der Waals surface area contributed by atoms with E-state index in [-0.39, 0.29) is 11.9 Å². The molecule has 5 nitrogen and oxygen atoms in total. The van der Waals surface area contributed by atoms with Gasteiger partial charge < -0.3 is 10.6 Å². The van der Waals surface area contributed by atoms with Crippen LogP contribution in [0, 0.1) is 24.7 Å². The Hall–Kier alpha value is -2.04. The molecule has 0 aliphatic carbocycles. The average molecular weight is 247 g/mol. The van der Waals surface area contributed by atoms with E-state index in [0.717, 1.165) is 23.2 Å². The Kier molecular flexibility index (Phi) is 4.71. The molecule has 0 fully saturated rings. The van der Waals surface area contributed by atoms with E-state index in [9.17, 15) is 0 Å². The average Bonchev–Trinajstić information content (AvgIpc) is 2.26. The van der Waals surface area contributed by atoms with Crippen LogP contribution >= 0.6 is 0 Å². The van der Waals surface area contributed by atoms with E-state index < -0.39 is 0 Å². The molecule has 0 atom stereocenters. The van der Waals surface area contributed by atoms with Gasteiger partial charge in [-0.2, -0.15) is 0 Å². The number of hydrogen-bond acceptors (Lipinski definition) is 2. The van der Waals surface area contributed by atoms with E-state index >= 15 is 0 Å². The molecule has 1 rings (SSSR count). The molecule has 0 spiro atoms. The van der Waals surface area contributed by atoms with Gasteiger partial charge in [0.15, 0.2) is 5.96 Å². The highest BCUT2D eigenvalue weighted by Crippen LogP contribution is 2.24. The number of rotatable bonds is 3. The van der Waals surface area contributed by atoms with Crippen molar-refractivity contribution in [2.24, 2.45) is 5.73 Å². The van der Waals surface area contributed by atoms with Gasteiger partial charge in [-0.15, -0.1) is 0 Å². The lowest BCUT2D eigenvalue weighted by Gasteiger charge is -2.28. The zero-order valence-electron chi connectivity index (χ0n) is 11.2. The van der Waals surface area contributed by atoms with Crippen LogP contribution in [0.1, 0.15) is 24.5 Å². The summed E-state index contributed by atoms with van der Waals surface area (Å²) in [5.41, 5.74) is 8.52. The number of nitrogens with two attached hydrogens (primary N) is 1. The molecule has 0 heterocycles. The third-order valence-corrected chi connectivity index (χ3v) is 2.68. The molecule has 0 amide bonds. The van der Waals surface area contributed by atoms with Gasteiger partial charge in [0.05, 0.1) is 0 Å². The van der Waals surface area contributed by atoms with Crippen molar-refractivity contribution in [3.05, 3.63) is 29.3 Å². The molecule has 0 aliphatic heterocycles. The van der Waals surface area contributed by atoms with Crippen molar-refractivity contribution < 1.29 is 0 Å². The van der Waals surface area contributed by atoms with Gasteiger partial charge in [0.2, 0.25) is 5.96 Å². The monoisotopic (exact) mass is 247 g/mol. The molecule has 1 aromatic rings. The van der Waals surface area contributed by atoms with Gasteiger partial charge in [0, 0.05) is 12.2 Å². The number of hydrogen-bond donors (Lipinski definition) is 4. The number of anilines is 1. The lowest BCUT2D eigenvalue weighted by atomic mass is 10.1. The number of para-hydroxylation sites is 1. The highest BCUT2D eigenvalue weighted by atomic mass is 15.3. The minimum atomic E-state index is -0.215. The third kappa shape index (κ3) is 3.23. The normalized spacial score (nSPS) is 9.94. The predicted octanol–water partition coefficient (Wildman–Crippen LogP) is 1.94. The predicted molar refractivity (Wildman–Crippen MR) is 76.3 cm³/mol. The minimum Gasteiger partial charge on any atom is -0.370 e. The molecule has 0 saturated carbocycles. The maximum Gasteiger partial charge on any atom is 0.202 e. The Balaban J connectivity index is 3.11. The van der Waals surface area contributed by atoms with Crippen LogP contribution in [0.2, 0.25) is 0 Å². The molecular weight excluding hydrogens is 226 g/mol. The van der Waals surface area contributed by atoms with Gasteiger partial charge in [0.25, 0.3) is 0 Å². The van der Waals surface area contributed by atoms with Crippen LogP contribution in [0.5, 0.6) is 0 Å². The largest absolute Gasteiger partial charge is 0.370 e. The van der Waals surface area contributed by atoms with Crippen molar-refractivity contribution in [2.75, 3.05) is 11.4 Å². The first kappa shape index (κ1) is 14.0. The highest BCUT2D eigenvalue weighted by Gasteiger charge is 2.15. The fourth-order valence-corrected chi connectivity index (χ4v) is 1.99. The van der Waals surface area contributed by atoms with E-state index in [1.54, 1.807) is 0 Å². The Morgan fingerprint density at radius 1 is 1.28 bits per heavy atom. The number of nitrogens with one attached hydrogen (secondary N) is 3. The molecule has 0 radical (unpaired) electrons. The summed E-state index contributed by atoms with van der Waals surface area (Å²) < 4.78 is 0. The van der Waals surface area contributed by atoms with E-state index in [0.29, 0.717) is 6.54 Å². The summed E-state index contributed by atoms with van der Waals surface area (Å²) >= 11 is 0. The molecule has 0 aliphatic rings. The van der Waals surface area contributed by atoms with Gasteiger partial charge in [-0.3, -0.25) is 16.1 Å². The number of aryl methyl sites for hydroxylation is 2. The molecule has 1 aromatic carbocycles. The summed E-state index contributed by atoms with van der Waals surface area (Å²) in [6, 6.07) is 6.04. The quantitative estimate of drug-likeness (QED) is 0.486. The lowest BCUT2D eigenvalue weighted by Crippen LogP contribution is -2.47. The zero-order valence-corrected chi connectivity index (χ0v) is 11.2. The van der Waals surface area contributed by atoms with Crippen LogP contribution in [0.4, 0.5) is 5.69 Å². The maximum atomic E-state index is 8.00. The van der Waals surface area contributed by atoms with Crippen molar-refractivity contribution in [2.45, 2.75) is 27.2 Å². The molecule has 18 heavy (non-hydrogen) atoms. The first-order valence-electron chi connectivity index (χ1n) is 6.00. The SMILES string of the molecule is CCCN(C(=N)NC(=N)N)c1c(C)cccc1C. The molecule has 5 heteroatoms. The van der Waals surface area contributed by atoms with Crippen LogP contribution in [0.3, 0.4) is 0 Å². The fourth-order valence-electron chi connectivity index (χ4n) is 1.99. The van der Waals surface area contributed by atoms with Crippen LogP contribution in [0.15, 0.2) is 18.2 Å². The highest BCUT2D eigenvalue weighted by molar-refractivity contribution is 6.04. The molecule has 0 bridgehead atoms. The number of benzene rings is 1. The third-order valence-electron chi connectivity index (χ3n) is 2.68. The molecule has 5 N–H and O–H groups in total. The molecule has 0 unspecified atom stereocenters. The second-order valence-electron chi connectivity index (χ2n) is 4.28. The molecule has 98 valence electrons. The Morgan fingerprint density at radius 2 is 1.83 bits per heavy atom. The fraction of sp³-hybridized carbons (Fsp3) is 0.385. The first-order valence-corrected chi connectivity index (χ1v) is 6.00. The van der Waals surface area contributed by atoms with Crippen LogP contribution < -0.4 is 16.0 Å². The van der Waals surface area contributed by atoms with Crippen molar-refractivity contribution in [3.8, 4) is 0 Å².